The van der Waals surface area contributed by atoms with Gasteiger partial charge in [-0.25, -0.2) is 14.8 Å². The third-order valence-corrected chi connectivity index (χ3v) is 6.30. The summed E-state index contributed by atoms with van der Waals surface area (Å²) in [6.45, 7) is 3.00. The number of carboxylic acids is 1. The van der Waals surface area contributed by atoms with Gasteiger partial charge in [-0.1, -0.05) is 11.6 Å². The number of fused-ring (bicyclic) bond motifs is 1. The number of anilines is 3. The molecule has 2 heterocycles. The molecular weight excluding hydrogens is 534 g/mol. The number of aliphatic carboxylic acids is 1. The fraction of sp³-hybridized carbons (Fsp3) is 0.321. The van der Waals surface area contributed by atoms with Crippen LogP contribution in [0.15, 0.2) is 55.0 Å². The average Bonchev–Trinajstić information content (AvgIpc) is 3.35. The molecule has 0 unspecified atom stereocenters. The molecule has 0 atom stereocenters. The summed E-state index contributed by atoms with van der Waals surface area (Å²) in [4.78, 5) is 25.5. The van der Waals surface area contributed by atoms with Crippen molar-refractivity contribution in [2.75, 3.05) is 57.6 Å². The van der Waals surface area contributed by atoms with E-state index in [0.717, 1.165) is 48.3 Å². The molecule has 0 radical (unpaired) electrons. The Hall–Kier alpha value is -4.06. The summed E-state index contributed by atoms with van der Waals surface area (Å²) in [6.07, 6.45) is 4.49. The molecule has 0 bridgehead atoms. The number of carboxylic acid groups (broad SMARTS) is 1. The van der Waals surface area contributed by atoms with Gasteiger partial charge in [-0.05, 0) is 75.6 Å². The second-order valence-electron chi connectivity index (χ2n) is 9.21. The zero-order valence-corrected chi connectivity index (χ0v) is 23.3. The number of ether oxygens (including phenoxy) is 2. The second-order valence-corrected chi connectivity index (χ2v) is 9.64. The Labute approximate surface area is 237 Å². The number of H-pyrrole nitrogens is 1. The van der Waals surface area contributed by atoms with Crippen LogP contribution >= 0.6 is 11.6 Å². The molecule has 0 aliphatic rings. The summed E-state index contributed by atoms with van der Waals surface area (Å²) in [5.74, 6) is 0.294. The monoisotopic (exact) mass is 567 g/mol. The van der Waals surface area contributed by atoms with Crippen molar-refractivity contribution in [2.24, 2.45) is 0 Å². The van der Waals surface area contributed by atoms with Crippen LogP contribution in [0.5, 0.6) is 11.5 Å². The van der Waals surface area contributed by atoms with Gasteiger partial charge in [-0.3, -0.25) is 0 Å². The Balaban J connectivity index is 1.47. The molecule has 12 heteroatoms. The van der Waals surface area contributed by atoms with Gasteiger partial charge in [0, 0.05) is 41.8 Å². The maximum Gasteiger partial charge on any atom is 0.341 e. The van der Waals surface area contributed by atoms with Crippen molar-refractivity contribution in [2.45, 2.75) is 13.0 Å². The summed E-state index contributed by atoms with van der Waals surface area (Å²) in [5, 5.41) is 20.5. The molecule has 0 spiro atoms. The number of aromatic amines is 1. The van der Waals surface area contributed by atoms with Gasteiger partial charge >= 0.3 is 5.97 Å². The third kappa shape index (κ3) is 8.22. The highest BCUT2D eigenvalue weighted by atomic mass is 35.5. The number of hydrogen-bond donors (Lipinski definition) is 5. The minimum Gasteiger partial charge on any atom is -0.488 e. The number of benzene rings is 2. The Bertz CT molecular complexity index is 1400. The molecule has 212 valence electrons. The van der Waals surface area contributed by atoms with E-state index in [9.17, 15) is 4.79 Å². The standard InChI is InChI=1S/C28H34ClN7O4/c1-30-10-3-12-36(2)16-19-15-32-27-26(19)28(34-18-33-27)35-22-8-9-23(24(14-22)40-17-25(37)38)39-13-11-31-21-6-4-20(29)5-7-21/h4-9,14-15,18,30-31H,3,10-13,16-17H2,1-2H3,(H,37,38)(H2,32,33,34,35). The Kier molecular flexibility index (Phi) is 10.4. The highest BCUT2D eigenvalue weighted by Crippen LogP contribution is 2.33. The highest BCUT2D eigenvalue weighted by molar-refractivity contribution is 6.30. The predicted octanol–water partition coefficient (Wildman–Crippen LogP) is 4.35. The number of aromatic nitrogens is 3. The van der Waals surface area contributed by atoms with E-state index in [1.54, 1.807) is 24.3 Å². The first kappa shape index (κ1) is 28.9. The van der Waals surface area contributed by atoms with E-state index in [0.29, 0.717) is 41.2 Å². The maximum absolute atomic E-state index is 11.2. The fourth-order valence-electron chi connectivity index (χ4n) is 4.16. The fourth-order valence-corrected chi connectivity index (χ4v) is 4.29. The van der Waals surface area contributed by atoms with E-state index < -0.39 is 12.6 Å². The van der Waals surface area contributed by atoms with Gasteiger partial charge < -0.3 is 40.4 Å². The normalized spacial score (nSPS) is 11.1. The van der Waals surface area contributed by atoms with Gasteiger partial charge in [-0.2, -0.15) is 0 Å². The van der Waals surface area contributed by atoms with E-state index in [2.05, 4.69) is 42.8 Å². The first-order chi connectivity index (χ1) is 19.4. The zero-order chi connectivity index (χ0) is 28.3. The molecule has 2 aromatic carbocycles. The van der Waals surface area contributed by atoms with Crippen molar-refractivity contribution in [1.29, 1.82) is 0 Å². The van der Waals surface area contributed by atoms with Crippen molar-refractivity contribution < 1.29 is 19.4 Å². The summed E-state index contributed by atoms with van der Waals surface area (Å²) >= 11 is 5.93. The predicted molar refractivity (Wildman–Crippen MR) is 157 cm³/mol. The summed E-state index contributed by atoms with van der Waals surface area (Å²) in [7, 11) is 4.03. The number of rotatable bonds is 16. The van der Waals surface area contributed by atoms with Crippen LogP contribution in [-0.2, 0) is 11.3 Å². The number of nitrogens with one attached hydrogen (secondary N) is 4. The van der Waals surface area contributed by atoms with Gasteiger partial charge in [0.25, 0.3) is 0 Å². The van der Waals surface area contributed by atoms with E-state index in [4.69, 9.17) is 26.2 Å². The molecule has 11 nitrogen and oxygen atoms in total. The first-order valence-electron chi connectivity index (χ1n) is 12.9. The summed E-state index contributed by atoms with van der Waals surface area (Å²) in [6, 6.07) is 12.7. The van der Waals surface area contributed by atoms with E-state index in [1.165, 1.54) is 6.33 Å². The van der Waals surface area contributed by atoms with E-state index in [-0.39, 0.29) is 0 Å². The number of nitrogens with zero attached hydrogens (tertiary/aromatic N) is 3. The van der Waals surface area contributed by atoms with E-state index in [1.807, 2.05) is 31.4 Å². The van der Waals surface area contributed by atoms with Crippen LogP contribution in [0.4, 0.5) is 17.2 Å². The maximum atomic E-state index is 11.2. The largest absolute Gasteiger partial charge is 0.488 e. The van der Waals surface area contributed by atoms with Crippen LogP contribution in [0.25, 0.3) is 11.0 Å². The molecule has 0 fully saturated rings. The number of halogens is 1. The van der Waals surface area contributed by atoms with Crippen molar-refractivity contribution in [1.82, 2.24) is 25.2 Å². The van der Waals surface area contributed by atoms with Gasteiger partial charge in [0.2, 0.25) is 0 Å². The van der Waals surface area contributed by atoms with Crippen LogP contribution in [0.1, 0.15) is 12.0 Å². The molecule has 0 aliphatic carbocycles. The molecule has 4 rings (SSSR count). The molecular formula is C28H34ClN7O4. The van der Waals surface area contributed by atoms with Gasteiger partial charge in [0.05, 0.1) is 5.39 Å². The minimum absolute atomic E-state index is 0.308. The zero-order valence-electron chi connectivity index (χ0n) is 22.5. The molecule has 0 saturated carbocycles. The van der Waals surface area contributed by atoms with Crippen LogP contribution in [0.3, 0.4) is 0 Å². The third-order valence-electron chi connectivity index (χ3n) is 6.05. The summed E-state index contributed by atoms with van der Waals surface area (Å²) < 4.78 is 11.5. The molecule has 40 heavy (non-hydrogen) atoms. The lowest BCUT2D eigenvalue weighted by Gasteiger charge is -2.17. The van der Waals surface area contributed by atoms with Crippen molar-refractivity contribution in [3.63, 3.8) is 0 Å². The van der Waals surface area contributed by atoms with Crippen LogP contribution in [0, 0.1) is 0 Å². The Morgan fingerprint density at radius 1 is 1.07 bits per heavy atom. The second kappa shape index (κ2) is 14.4. The Morgan fingerprint density at radius 3 is 2.65 bits per heavy atom. The average molecular weight is 568 g/mol. The van der Waals surface area contributed by atoms with Gasteiger partial charge in [-0.15, -0.1) is 0 Å². The quantitative estimate of drug-likeness (QED) is 0.124. The first-order valence-corrected chi connectivity index (χ1v) is 13.3. The van der Waals surface area contributed by atoms with E-state index >= 15 is 0 Å². The van der Waals surface area contributed by atoms with Crippen LogP contribution in [0.2, 0.25) is 5.02 Å². The minimum atomic E-state index is -1.08. The molecule has 4 aromatic rings. The topological polar surface area (TPSA) is 137 Å². The van der Waals surface area contributed by atoms with Crippen molar-refractivity contribution in [3.05, 3.63) is 65.6 Å². The lowest BCUT2D eigenvalue weighted by Crippen LogP contribution is -2.22. The number of hydrogen-bond acceptors (Lipinski definition) is 9. The molecule has 0 saturated heterocycles. The summed E-state index contributed by atoms with van der Waals surface area (Å²) in [5.41, 5.74) is 3.38. The molecule has 2 aromatic heterocycles. The lowest BCUT2D eigenvalue weighted by atomic mass is 10.2. The van der Waals surface area contributed by atoms with Crippen molar-refractivity contribution >= 4 is 45.8 Å². The SMILES string of the molecule is CNCCCN(C)Cc1c[nH]c2ncnc(Nc3ccc(OCCNc4ccc(Cl)cc4)c(OCC(=O)O)c3)c12. The molecule has 0 aliphatic heterocycles. The molecule has 5 N–H and O–H groups in total. The Morgan fingerprint density at radius 2 is 1.88 bits per heavy atom. The highest BCUT2D eigenvalue weighted by Gasteiger charge is 2.15. The number of carbonyl (C=O) groups is 1. The smallest absolute Gasteiger partial charge is 0.341 e. The lowest BCUT2D eigenvalue weighted by molar-refractivity contribution is -0.139. The van der Waals surface area contributed by atoms with Gasteiger partial charge in [0.15, 0.2) is 18.1 Å². The van der Waals surface area contributed by atoms with Crippen LogP contribution < -0.4 is 25.4 Å². The van der Waals surface area contributed by atoms with Crippen LogP contribution in [-0.4, -0.2) is 77.9 Å². The van der Waals surface area contributed by atoms with Gasteiger partial charge in [0.1, 0.15) is 24.4 Å². The van der Waals surface area contributed by atoms with Crippen molar-refractivity contribution in [3.8, 4) is 11.5 Å². The molecule has 0 amide bonds.